The third kappa shape index (κ3) is 5.86. The molecule has 188 valence electrons. The summed E-state index contributed by atoms with van der Waals surface area (Å²) in [7, 11) is -3.45. The first kappa shape index (κ1) is 24.8. The highest BCUT2D eigenvalue weighted by Gasteiger charge is 2.32. The average molecular weight is 499 g/mol. The predicted octanol–water partition coefficient (Wildman–Crippen LogP) is 3.58. The summed E-state index contributed by atoms with van der Waals surface area (Å²) in [4.78, 5) is 8.63. The lowest BCUT2D eigenvalue weighted by molar-refractivity contribution is 0.109. The number of hydrogen-bond acceptors (Lipinski definition) is 8. The van der Waals surface area contributed by atoms with Gasteiger partial charge in [0, 0.05) is 38.5 Å². The Morgan fingerprint density at radius 2 is 1.82 bits per heavy atom. The third-order valence-corrected chi connectivity index (χ3v) is 7.78. The Balaban J connectivity index is 1.21. The van der Waals surface area contributed by atoms with Crippen molar-refractivity contribution < 1.29 is 26.5 Å². The molecule has 1 aliphatic heterocycles. The second-order valence-corrected chi connectivity index (χ2v) is 11.8. The van der Waals surface area contributed by atoms with E-state index in [2.05, 4.69) is 15.0 Å². The minimum Gasteiger partial charge on any atom is -0.490 e. The van der Waals surface area contributed by atoms with Crippen LogP contribution in [0.15, 0.2) is 27.6 Å². The molecule has 2 aliphatic rings. The van der Waals surface area contributed by atoms with Crippen LogP contribution in [0, 0.1) is 11.7 Å². The Bertz CT molecular complexity index is 1090. The van der Waals surface area contributed by atoms with Crippen molar-refractivity contribution in [2.75, 3.05) is 43.9 Å². The van der Waals surface area contributed by atoms with Gasteiger partial charge in [-0.05, 0) is 63.6 Å². The topological polar surface area (TPSA) is 88.8 Å². The van der Waals surface area contributed by atoms with Gasteiger partial charge in [-0.25, -0.2) is 17.2 Å². The van der Waals surface area contributed by atoms with E-state index in [-0.39, 0.29) is 16.5 Å². The van der Waals surface area contributed by atoms with Gasteiger partial charge < -0.3 is 14.2 Å². The van der Waals surface area contributed by atoms with Gasteiger partial charge in [-0.2, -0.15) is 4.98 Å². The van der Waals surface area contributed by atoms with Crippen LogP contribution in [-0.4, -0.2) is 68.5 Å². The molecule has 1 saturated heterocycles. The van der Waals surface area contributed by atoms with E-state index in [1.165, 1.54) is 26.0 Å². The lowest BCUT2D eigenvalue weighted by atomic mass is 9.85. The van der Waals surface area contributed by atoms with Gasteiger partial charge in [0.15, 0.2) is 27.1 Å². The number of sulfone groups is 1. The quantitative estimate of drug-likeness (QED) is 0.573. The Morgan fingerprint density at radius 1 is 1.15 bits per heavy atom. The van der Waals surface area contributed by atoms with Crippen LogP contribution in [0.1, 0.15) is 45.4 Å². The first-order valence-corrected chi connectivity index (χ1v) is 13.5. The standard InChI is InChI=1S/C23H32F2N4O4S/c1-23(2,25)21-26-22(33-27-21)29-12-10-28(11-13-29)17-6-4-16(5-7-17)15-32-20-9-8-18(14-19(20)24)34(3,30)31/h8-9,14,16-17H,4-7,10-13,15H2,1-3H3. The largest absolute Gasteiger partial charge is 0.490 e. The summed E-state index contributed by atoms with van der Waals surface area (Å²) in [5, 5.41) is 3.76. The predicted molar refractivity (Wildman–Crippen MR) is 123 cm³/mol. The number of benzene rings is 1. The van der Waals surface area contributed by atoms with Crippen molar-refractivity contribution in [3.63, 3.8) is 0 Å². The molecule has 2 fully saturated rings. The molecule has 0 bridgehead atoms. The van der Waals surface area contributed by atoms with Gasteiger partial charge in [-0.1, -0.05) is 5.16 Å². The number of hydrogen-bond donors (Lipinski definition) is 0. The second kappa shape index (κ2) is 9.77. The Hall–Kier alpha value is -2.27. The van der Waals surface area contributed by atoms with E-state index in [0.29, 0.717) is 24.6 Å². The molecular formula is C23H32F2N4O4S. The van der Waals surface area contributed by atoms with Crippen LogP contribution in [0.2, 0.25) is 0 Å². The number of nitrogens with zero attached hydrogens (tertiary/aromatic N) is 4. The van der Waals surface area contributed by atoms with Crippen molar-refractivity contribution in [1.29, 1.82) is 0 Å². The minimum absolute atomic E-state index is 0.0521. The van der Waals surface area contributed by atoms with Crippen LogP contribution >= 0.6 is 0 Å². The number of halogens is 2. The fourth-order valence-corrected chi connectivity index (χ4v) is 5.21. The van der Waals surface area contributed by atoms with Crippen LogP contribution in [0.4, 0.5) is 14.8 Å². The molecule has 1 aromatic carbocycles. The molecule has 1 aromatic heterocycles. The maximum atomic E-state index is 14.2. The van der Waals surface area contributed by atoms with E-state index in [9.17, 15) is 17.2 Å². The fraction of sp³-hybridized carbons (Fsp3) is 0.652. The van der Waals surface area contributed by atoms with Gasteiger partial charge in [-0.15, -0.1) is 0 Å². The molecule has 4 rings (SSSR count). The van der Waals surface area contributed by atoms with Crippen molar-refractivity contribution in [2.45, 2.75) is 56.1 Å². The summed E-state index contributed by atoms with van der Waals surface area (Å²) in [6, 6.07) is 4.63. The Labute approximate surface area is 199 Å². The molecule has 1 saturated carbocycles. The first-order chi connectivity index (χ1) is 16.0. The van der Waals surface area contributed by atoms with Crippen molar-refractivity contribution in [3.05, 3.63) is 29.8 Å². The Kier molecular flexibility index (Phi) is 7.14. The van der Waals surface area contributed by atoms with Gasteiger partial charge in [-0.3, -0.25) is 4.90 Å². The molecule has 1 aliphatic carbocycles. The molecule has 2 heterocycles. The van der Waals surface area contributed by atoms with Crippen molar-refractivity contribution in [3.8, 4) is 5.75 Å². The molecule has 11 heteroatoms. The highest BCUT2D eigenvalue weighted by atomic mass is 32.2. The maximum absolute atomic E-state index is 14.2. The van der Waals surface area contributed by atoms with Gasteiger partial charge >= 0.3 is 6.01 Å². The Morgan fingerprint density at radius 3 is 2.38 bits per heavy atom. The van der Waals surface area contributed by atoms with Crippen LogP contribution < -0.4 is 9.64 Å². The smallest absolute Gasteiger partial charge is 0.324 e. The van der Waals surface area contributed by atoms with Crippen molar-refractivity contribution in [1.82, 2.24) is 15.0 Å². The van der Waals surface area contributed by atoms with Gasteiger partial charge in [0.25, 0.3) is 0 Å². The number of rotatable bonds is 7. The monoisotopic (exact) mass is 498 g/mol. The third-order valence-electron chi connectivity index (χ3n) is 6.67. The zero-order chi connectivity index (χ0) is 24.5. The molecule has 0 unspecified atom stereocenters. The highest BCUT2D eigenvalue weighted by molar-refractivity contribution is 7.90. The molecule has 0 N–H and O–H groups in total. The molecule has 8 nitrogen and oxygen atoms in total. The molecule has 0 radical (unpaired) electrons. The van der Waals surface area contributed by atoms with Crippen LogP contribution in [-0.2, 0) is 15.5 Å². The minimum atomic E-state index is -3.45. The zero-order valence-electron chi connectivity index (χ0n) is 19.8. The molecular weight excluding hydrogens is 466 g/mol. The van der Waals surface area contributed by atoms with Crippen LogP contribution in [0.25, 0.3) is 0 Å². The van der Waals surface area contributed by atoms with E-state index in [1.54, 1.807) is 0 Å². The number of piperazine rings is 1. The van der Waals surface area contributed by atoms with E-state index in [0.717, 1.165) is 64.2 Å². The summed E-state index contributed by atoms with van der Waals surface area (Å²) >= 11 is 0. The molecule has 0 atom stereocenters. The molecule has 0 amide bonds. The molecule has 0 spiro atoms. The first-order valence-electron chi connectivity index (χ1n) is 11.6. The number of anilines is 1. The highest BCUT2D eigenvalue weighted by Crippen LogP contribution is 2.31. The molecule has 34 heavy (non-hydrogen) atoms. The molecule has 2 aromatic rings. The normalized spacial score (nSPS) is 22.7. The number of aromatic nitrogens is 2. The van der Waals surface area contributed by atoms with Gasteiger partial charge in [0.2, 0.25) is 5.82 Å². The SMILES string of the molecule is CC(C)(F)c1noc(N2CCN(C3CCC(COc4ccc(S(C)(=O)=O)cc4F)CC3)CC2)n1. The summed E-state index contributed by atoms with van der Waals surface area (Å²) in [6.07, 6.45) is 5.13. The van der Waals surface area contributed by atoms with Crippen LogP contribution in [0.3, 0.4) is 0 Å². The lowest BCUT2D eigenvalue weighted by Gasteiger charge is -2.41. The summed E-state index contributed by atoms with van der Waals surface area (Å²) in [5.74, 6) is -0.159. The van der Waals surface area contributed by atoms with Gasteiger partial charge in [0.05, 0.1) is 11.5 Å². The number of alkyl halides is 1. The summed E-state index contributed by atoms with van der Waals surface area (Å²) in [6.45, 7) is 6.49. The van der Waals surface area contributed by atoms with Crippen molar-refractivity contribution >= 4 is 15.9 Å². The zero-order valence-corrected chi connectivity index (χ0v) is 20.7. The van der Waals surface area contributed by atoms with E-state index < -0.39 is 21.3 Å². The second-order valence-electron chi connectivity index (χ2n) is 9.75. The lowest BCUT2D eigenvalue weighted by Crippen LogP contribution is -2.51. The summed E-state index contributed by atoms with van der Waals surface area (Å²) < 4.78 is 62.3. The van der Waals surface area contributed by atoms with E-state index in [4.69, 9.17) is 9.26 Å². The summed E-state index contributed by atoms with van der Waals surface area (Å²) in [5.41, 5.74) is -1.63. The van der Waals surface area contributed by atoms with Crippen molar-refractivity contribution in [2.24, 2.45) is 5.92 Å². The van der Waals surface area contributed by atoms with E-state index >= 15 is 0 Å². The number of ether oxygens (including phenoxy) is 1. The average Bonchev–Trinajstić information content (AvgIpc) is 3.29. The fourth-order valence-electron chi connectivity index (χ4n) is 4.58. The van der Waals surface area contributed by atoms with Gasteiger partial charge in [0.1, 0.15) is 0 Å². The van der Waals surface area contributed by atoms with Crippen LogP contribution in [0.5, 0.6) is 5.75 Å². The maximum Gasteiger partial charge on any atom is 0.324 e. The van der Waals surface area contributed by atoms with E-state index in [1.807, 2.05) is 4.90 Å².